The van der Waals surface area contributed by atoms with Crippen LogP contribution in [-0.4, -0.2) is 39.6 Å². The second kappa shape index (κ2) is 8.56. The van der Waals surface area contributed by atoms with Gasteiger partial charge in [0.05, 0.1) is 12.6 Å². The summed E-state index contributed by atoms with van der Waals surface area (Å²) in [5.41, 5.74) is 5.47. The van der Waals surface area contributed by atoms with Gasteiger partial charge in [-0.3, -0.25) is 4.79 Å². The molecule has 1 unspecified atom stereocenters. The van der Waals surface area contributed by atoms with E-state index < -0.39 is 15.6 Å². The van der Waals surface area contributed by atoms with Crippen molar-refractivity contribution in [2.45, 2.75) is 50.1 Å². The van der Waals surface area contributed by atoms with Gasteiger partial charge in [0.2, 0.25) is 10.0 Å². The molecule has 1 aliphatic rings. The van der Waals surface area contributed by atoms with E-state index in [2.05, 4.69) is 10.0 Å². The molecule has 2 rings (SSSR count). The van der Waals surface area contributed by atoms with Crippen LogP contribution in [0.1, 0.15) is 44.0 Å². The van der Waals surface area contributed by atoms with Crippen LogP contribution in [0.5, 0.6) is 5.75 Å². The van der Waals surface area contributed by atoms with Gasteiger partial charge in [0.1, 0.15) is 10.6 Å². The van der Waals surface area contributed by atoms with Gasteiger partial charge in [0, 0.05) is 18.2 Å². The molecule has 1 aromatic rings. The highest BCUT2D eigenvalue weighted by Gasteiger charge is 2.32. The summed E-state index contributed by atoms with van der Waals surface area (Å²) in [6.45, 7) is 6.08. The van der Waals surface area contributed by atoms with E-state index >= 15 is 0 Å². The Morgan fingerprint density at radius 2 is 2.00 bits per heavy atom. The van der Waals surface area contributed by atoms with Gasteiger partial charge >= 0.3 is 0 Å². The highest BCUT2D eigenvalue weighted by atomic mass is 35.5. The van der Waals surface area contributed by atoms with Crippen LogP contribution in [0.25, 0.3) is 0 Å². The van der Waals surface area contributed by atoms with E-state index in [1.807, 2.05) is 20.8 Å². The molecule has 0 saturated heterocycles. The SMILES string of the molecule is COc1ccc(C(=O)NC(C)(CN)C(C)C)cc1S(=O)(=O)NC1CC1.Cl. The quantitative estimate of drug-likeness (QED) is 0.609. The Labute approximate surface area is 161 Å². The molecule has 0 bridgehead atoms. The summed E-state index contributed by atoms with van der Waals surface area (Å²) < 4.78 is 32.9. The molecule has 1 amide bonds. The van der Waals surface area contributed by atoms with E-state index in [9.17, 15) is 13.2 Å². The van der Waals surface area contributed by atoms with Crippen LogP contribution < -0.4 is 20.5 Å². The molecule has 9 heteroatoms. The number of methoxy groups -OCH3 is 1. The second-order valence-corrected chi connectivity index (χ2v) is 8.67. The zero-order valence-corrected chi connectivity index (χ0v) is 17.2. The fraction of sp³-hybridized carbons (Fsp3) is 0.588. The summed E-state index contributed by atoms with van der Waals surface area (Å²) in [6, 6.07) is 4.34. The van der Waals surface area contributed by atoms with Crippen molar-refractivity contribution in [2.24, 2.45) is 11.7 Å². The van der Waals surface area contributed by atoms with Crippen molar-refractivity contribution in [1.29, 1.82) is 0 Å². The van der Waals surface area contributed by atoms with Crippen molar-refractivity contribution in [1.82, 2.24) is 10.0 Å². The van der Waals surface area contributed by atoms with E-state index in [0.29, 0.717) is 0 Å². The molecular formula is C17H28ClN3O4S. The van der Waals surface area contributed by atoms with Crippen molar-refractivity contribution < 1.29 is 17.9 Å². The van der Waals surface area contributed by atoms with E-state index in [4.69, 9.17) is 10.5 Å². The summed E-state index contributed by atoms with van der Waals surface area (Å²) in [5, 5.41) is 2.91. The van der Waals surface area contributed by atoms with Gasteiger partial charge in [-0.15, -0.1) is 12.4 Å². The van der Waals surface area contributed by atoms with Gasteiger partial charge in [-0.05, 0) is 43.9 Å². The van der Waals surface area contributed by atoms with Gasteiger partial charge < -0.3 is 15.8 Å². The number of halogens is 1. The lowest BCUT2D eigenvalue weighted by atomic mass is 9.88. The van der Waals surface area contributed by atoms with E-state index in [1.54, 1.807) is 6.07 Å². The molecule has 1 atom stereocenters. The van der Waals surface area contributed by atoms with Crippen molar-refractivity contribution in [3.05, 3.63) is 23.8 Å². The Morgan fingerprint density at radius 1 is 1.38 bits per heavy atom. The van der Waals surface area contributed by atoms with Crippen LogP contribution in [0.3, 0.4) is 0 Å². The molecule has 148 valence electrons. The van der Waals surface area contributed by atoms with Crippen LogP contribution >= 0.6 is 12.4 Å². The van der Waals surface area contributed by atoms with E-state index in [1.165, 1.54) is 19.2 Å². The highest BCUT2D eigenvalue weighted by molar-refractivity contribution is 7.89. The molecular weight excluding hydrogens is 378 g/mol. The van der Waals surface area contributed by atoms with Gasteiger partial charge in [-0.25, -0.2) is 13.1 Å². The van der Waals surface area contributed by atoms with Gasteiger partial charge in [0.15, 0.2) is 0 Å². The minimum atomic E-state index is -3.74. The van der Waals surface area contributed by atoms with Crippen LogP contribution in [0.4, 0.5) is 0 Å². The summed E-state index contributed by atoms with van der Waals surface area (Å²) in [6.07, 6.45) is 1.65. The van der Waals surface area contributed by atoms with Crippen molar-refractivity contribution in [3.8, 4) is 5.75 Å². The number of hydrogen-bond donors (Lipinski definition) is 3. The molecule has 4 N–H and O–H groups in total. The molecule has 1 saturated carbocycles. The third-order valence-corrected chi connectivity index (χ3v) is 6.25. The Balaban J connectivity index is 0.00000338. The third-order valence-electron chi connectivity index (χ3n) is 4.71. The van der Waals surface area contributed by atoms with Crippen LogP contribution in [0, 0.1) is 5.92 Å². The largest absolute Gasteiger partial charge is 0.495 e. The maximum atomic E-state index is 12.6. The monoisotopic (exact) mass is 405 g/mol. The summed E-state index contributed by atoms with van der Waals surface area (Å²) in [4.78, 5) is 12.6. The zero-order valence-electron chi connectivity index (χ0n) is 15.5. The minimum absolute atomic E-state index is 0. The Kier molecular flexibility index (Phi) is 7.47. The number of ether oxygens (including phenoxy) is 1. The number of carbonyl (C=O) groups excluding carboxylic acids is 1. The normalized spacial score (nSPS) is 16.5. The molecule has 0 spiro atoms. The number of sulfonamides is 1. The smallest absolute Gasteiger partial charge is 0.251 e. The molecule has 0 aliphatic heterocycles. The first-order valence-corrected chi connectivity index (χ1v) is 9.84. The topological polar surface area (TPSA) is 111 Å². The average Bonchev–Trinajstić information content (AvgIpc) is 3.37. The second-order valence-electron chi connectivity index (χ2n) is 6.99. The van der Waals surface area contributed by atoms with Gasteiger partial charge in [0.25, 0.3) is 5.91 Å². The first-order valence-electron chi connectivity index (χ1n) is 8.36. The molecule has 1 aliphatic carbocycles. The highest BCUT2D eigenvalue weighted by Crippen LogP contribution is 2.28. The Hall–Kier alpha value is -1.35. The zero-order chi connectivity index (χ0) is 18.8. The average molecular weight is 406 g/mol. The summed E-state index contributed by atoms with van der Waals surface area (Å²) >= 11 is 0. The Bertz CT molecular complexity index is 750. The van der Waals surface area contributed by atoms with Crippen LogP contribution in [-0.2, 0) is 10.0 Å². The fourth-order valence-corrected chi connectivity index (χ4v) is 3.77. The van der Waals surface area contributed by atoms with Crippen molar-refractivity contribution in [3.63, 3.8) is 0 Å². The molecule has 26 heavy (non-hydrogen) atoms. The van der Waals surface area contributed by atoms with Crippen LogP contribution in [0.15, 0.2) is 23.1 Å². The first kappa shape index (κ1) is 22.7. The summed E-state index contributed by atoms with van der Waals surface area (Å²) in [5.74, 6) is -0.0400. The fourth-order valence-electron chi connectivity index (χ4n) is 2.27. The standard InChI is InChI=1S/C17H27N3O4S.ClH/c1-11(2)17(3,10-18)19-16(21)12-5-8-14(24-4)15(9-12)25(22,23)20-13-6-7-13;/h5,8-9,11,13,20H,6-7,10,18H2,1-4H3,(H,19,21);1H. The number of nitrogens with two attached hydrogens (primary N) is 1. The number of amides is 1. The Morgan fingerprint density at radius 3 is 2.46 bits per heavy atom. The van der Waals surface area contributed by atoms with Crippen molar-refractivity contribution >= 4 is 28.3 Å². The lowest BCUT2D eigenvalue weighted by Crippen LogP contribution is -2.55. The third kappa shape index (κ3) is 5.09. The predicted molar refractivity (Wildman–Crippen MR) is 103 cm³/mol. The predicted octanol–water partition coefficient (Wildman–Crippen LogP) is 1.66. The number of carbonyl (C=O) groups is 1. The number of hydrogen-bond acceptors (Lipinski definition) is 5. The molecule has 1 aromatic carbocycles. The maximum Gasteiger partial charge on any atom is 0.251 e. The van der Waals surface area contributed by atoms with E-state index in [-0.39, 0.29) is 53.0 Å². The van der Waals surface area contributed by atoms with Gasteiger partial charge in [-0.1, -0.05) is 13.8 Å². The van der Waals surface area contributed by atoms with Crippen LogP contribution in [0.2, 0.25) is 0 Å². The number of benzene rings is 1. The van der Waals surface area contributed by atoms with Gasteiger partial charge in [-0.2, -0.15) is 0 Å². The first-order chi connectivity index (χ1) is 11.6. The maximum absolute atomic E-state index is 12.6. The molecule has 0 aromatic heterocycles. The minimum Gasteiger partial charge on any atom is -0.495 e. The molecule has 7 nitrogen and oxygen atoms in total. The lowest BCUT2D eigenvalue weighted by Gasteiger charge is -2.33. The molecule has 1 fully saturated rings. The van der Waals surface area contributed by atoms with Crippen molar-refractivity contribution in [2.75, 3.05) is 13.7 Å². The number of rotatable bonds is 8. The lowest BCUT2D eigenvalue weighted by molar-refractivity contribution is 0.0883. The molecule has 0 heterocycles. The molecule has 0 radical (unpaired) electrons. The summed E-state index contributed by atoms with van der Waals surface area (Å²) in [7, 11) is -2.34. The van der Waals surface area contributed by atoms with E-state index in [0.717, 1.165) is 12.8 Å². The number of nitrogens with one attached hydrogen (secondary N) is 2.